The van der Waals surface area contributed by atoms with Crippen molar-refractivity contribution in [3.8, 4) is 5.75 Å². The highest BCUT2D eigenvalue weighted by atomic mass is 35.5. The summed E-state index contributed by atoms with van der Waals surface area (Å²) in [5, 5.41) is 14.9. The lowest BCUT2D eigenvalue weighted by Gasteiger charge is -2.12. The summed E-state index contributed by atoms with van der Waals surface area (Å²) >= 11 is 6.32. The van der Waals surface area contributed by atoms with Crippen LogP contribution in [0.2, 0.25) is 5.02 Å². The van der Waals surface area contributed by atoms with Crippen LogP contribution in [0, 0.1) is 13.8 Å². The van der Waals surface area contributed by atoms with E-state index in [1.165, 1.54) is 0 Å². The van der Waals surface area contributed by atoms with Crippen molar-refractivity contribution >= 4 is 34.7 Å². The number of ether oxygens (including phenoxy) is 1. The summed E-state index contributed by atoms with van der Waals surface area (Å²) in [5.41, 5.74) is 3.76. The lowest BCUT2D eigenvalue weighted by atomic mass is 10.1. The predicted molar refractivity (Wildman–Crippen MR) is 100 cm³/mol. The Balaban J connectivity index is 1.79. The Labute approximate surface area is 151 Å². The minimum Gasteiger partial charge on any atom is -0.497 e. The van der Waals surface area contributed by atoms with E-state index >= 15 is 0 Å². The molecule has 0 fully saturated rings. The zero-order valence-corrected chi connectivity index (χ0v) is 14.9. The van der Waals surface area contributed by atoms with Crippen LogP contribution < -0.4 is 15.4 Å². The molecular weight excluding hydrogens is 338 g/mol. The van der Waals surface area contributed by atoms with Crippen molar-refractivity contribution in [2.24, 2.45) is 0 Å². The number of halogens is 1. The van der Waals surface area contributed by atoms with Crippen LogP contribution in [-0.4, -0.2) is 22.3 Å². The average molecular weight is 356 g/mol. The zero-order valence-electron chi connectivity index (χ0n) is 14.2. The zero-order chi connectivity index (χ0) is 17.8. The normalized spacial score (nSPS) is 10.4. The minimum atomic E-state index is 0.368. The van der Waals surface area contributed by atoms with Crippen molar-refractivity contribution in [1.29, 1.82) is 0 Å². The third kappa shape index (κ3) is 4.16. The predicted octanol–water partition coefficient (Wildman–Crippen LogP) is 4.64. The van der Waals surface area contributed by atoms with E-state index in [0.717, 1.165) is 28.3 Å². The summed E-state index contributed by atoms with van der Waals surface area (Å²) in [6.07, 6.45) is 1.55. The molecule has 0 saturated heterocycles. The Morgan fingerprint density at radius 3 is 2.48 bits per heavy atom. The van der Waals surface area contributed by atoms with E-state index in [0.29, 0.717) is 16.8 Å². The van der Waals surface area contributed by atoms with Crippen LogP contribution in [0.25, 0.3) is 0 Å². The van der Waals surface area contributed by atoms with Gasteiger partial charge in [0, 0.05) is 5.69 Å². The van der Waals surface area contributed by atoms with Gasteiger partial charge in [-0.3, -0.25) is 0 Å². The molecule has 7 heteroatoms. The largest absolute Gasteiger partial charge is 0.497 e. The number of anilines is 4. The van der Waals surface area contributed by atoms with Crippen molar-refractivity contribution < 1.29 is 4.74 Å². The van der Waals surface area contributed by atoms with Gasteiger partial charge in [0.15, 0.2) is 5.82 Å². The Kier molecular flexibility index (Phi) is 5.00. The van der Waals surface area contributed by atoms with Gasteiger partial charge < -0.3 is 15.4 Å². The van der Waals surface area contributed by atoms with Crippen LogP contribution in [0.5, 0.6) is 5.75 Å². The number of nitrogens with one attached hydrogen (secondary N) is 2. The van der Waals surface area contributed by atoms with Crippen LogP contribution in [0.4, 0.5) is 23.1 Å². The molecule has 6 nitrogen and oxygen atoms in total. The number of nitrogens with zero attached hydrogens (tertiary/aromatic N) is 3. The molecule has 0 aliphatic rings. The SMILES string of the molecule is COc1ccc(Nc2cnnc(Nc3c(C)cc(C)cc3Cl)n2)cc1. The van der Waals surface area contributed by atoms with Crippen LogP contribution in [0.15, 0.2) is 42.6 Å². The summed E-state index contributed by atoms with van der Waals surface area (Å²) in [5.74, 6) is 1.73. The maximum Gasteiger partial charge on any atom is 0.249 e. The van der Waals surface area contributed by atoms with Crippen LogP contribution >= 0.6 is 11.6 Å². The molecule has 1 aromatic heterocycles. The van der Waals surface area contributed by atoms with Crippen molar-refractivity contribution in [3.63, 3.8) is 0 Å². The third-order valence-corrected chi connectivity index (χ3v) is 3.89. The number of aryl methyl sites for hydroxylation is 2. The van der Waals surface area contributed by atoms with Gasteiger partial charge in [0.05, 0.1) is 24.0 Å². The first kappa shape index (κ1) is 17.0. The molecule has 0 amide bonds. The molecule has 3 rings (SSSR count). The molecule has 128 valence electrons. The topological polar surface area (TPSA) is 72.0 Å². The van der Waals surface area contributed by atoms with E-state index in [1.807, 2.05) is 50.2 Å². The second-order valence-corrected chi connectivity index (χ2v) is 5.99. The molecule has 0 aliphatic carbocycles. The lowest BCUT2D eigenvalue weighted by molar-refractivity contribution is 0.415. The Hall–Kier alpha value is -2.86. The molecule has 1 heterocycles. The van der Waals surface area contributed by atoms with Gasteiger partial charge in [0.2, 0.25) is 5.95 Å². The molecule has 2 N–H and O–H groups in total. The van der Waals surface area contributed by atoms with E-state index in [-0.39, 0.29) is 0 Å². The first-order valence-electron chi connectivity index (χ1n) is 7.70. The van der Waals surface area contributed by atoms with Gasteiger partial charge in [0.1, 0.15) is 5.75 Å². The molecule has 2 aromatic carbocycles. The van der Waals surface area contributed by atoms with Gasteiger partial charge in [-0.25, -0.2) is 0 Å². The second kappa shape index (κ2) is 7.36. The Bertz CT molecular complexity index is 860. The van der Waals surface area contributed by atoms with Crippen LogP contribution in [0.1, 0.15) is 11.1 Å². The number of methoxy groups -OCH3 is 1. The molecule has 0 unspecified atom stereocenters. The maximum absolute atomic E-state index is 6.32. The van der Waals surface area contributed by atoms with E-state index in [2.05, 4.69) is 25.8 Å². The Morgan fingerprint density at radius 2 is 1.80 bits per heavy atom. The quantitative estimate of drug-likeness (QED) is 0.694. The molecule has 0 saturated carbocycles. The van der Waals surface area contributed by atoms with Gasteiger partial charge in [-0.1, -0.05) is 17.7 Å². The second-order valence-electron chi connectivity index (χ2n) is 5.58. The van der Waals surface area contributed by atoms with Crippen molar-refractivity contribution in [3.05, 3.63) is 58.7 Å². The number of aromatic nitrogens is 3. The summed E-state index contributed by atoms with van der Waals surface area (Å²) in [7, 11) is 1.63. The van der Waals surface area contributed by atoms with Crippen LogP contribution in [-0.2, 0) is 0 Å². The highest BCUT2D eigenvalue weighted by Gasteiger charge is 2.08. The lowest BCUT2D eigenvalue weighted by Crippen LogP contribution is -2.04. The smallest absolute Gasteiger partial charge is 0.249 e. The van der Waals surface area contributed by atoms with Gasteiger partial charge in [-0.2, -0.15) is 10.1 Å². The summed E-state index contributed by atoms with van der Waals surface area (Å²) in [6.45, 7) is 3.98. The fourth-order valence-electron chi connectivity index (χ4n) is 2.42. The molecule has 3 aromatic rings. The highest BCUT2D eigenvalue weighted by Crippen LogP contribution is 2.29. The Morgan fingerprint density at radius 1 is 1.04 bits per heavy atom. The average Bonchev–Trinajstić information content (AvgIpc) is 2.59. The molecule has 0 radical (unpaired) electrons. The fraction of sp³-hybridized carbons (Fsp3) is 0.167. The van der Waals surface area contributed by atoms with Gasteiger partial charge in [-0.05, 0) is 55.3 Å². The van der Waals surface area contributed by atoms with Crippen LogP contribution in [0.3, 0.4) is 0 Å². The van der Waals surface area contributed by atoms with E-state index < -0.39 is 0 Å². The molecule has 0 aliphatic heterocycles. The van der Waals surface area contributed by atoms with Crippen molar-refractivity contribution in [2.45, 2.75) is 13.8 Å². The van der Waals surface area contributed by atoms with Gasteiger partial charge >= 0.3 is 0 Å². The summed E-state index contributed by atoms with van der Waals surface area (Å²) in [4.78, 5) is 4.42. The molecule has 25 heavy (non-hydrogen) atoms. The van der Waals surface area contributed by atoms with E-state index in [1.54, 1.807) is 13.3 Å². The number of hydrogen-bond donors (Lipinski definition) is 2. The molecule has 0 atom stereocenters. The first-order valence-corrected chi connectivity index (χ1v) is 8.07. The number of rotatable bonds is 5. The molecular formula is C18H18ClN5O. The van der Waals surface area contributed by atoms with E-state index in [9.17, 15) is 0 Å². The molecule has 0 bridgehead atoms. The van der Waals surface area contributed by atoms with Crippen molar-refractivity contribution in [1.82, 2.24) is 15.2 Å². The van der Waals surface area contributed by atoms with Gasteiger partial charge in [0.25, 0.3) is 0 Å². The number of hydrogen-bond acceptors (Lipinski definition) is 6. The molecule has 0 spiro atoms. The standard InChI is InChI=1S/C18H18ClN5O/c1-11-8-12(2)17(15(19)9-11)23-18-22-16(10-20-24-18)21-13-4-6-14(25-3)7-5-13/h4-10H,1-3H3,(H2,21,22,23,24). The first-order chi connectivity index (χ1) is 12.0. The number of benzene rings is 2. The maximum atomic E-state index is 6.32. The monoisotopic (exact) mass is 355 g/mol. The summed E-state index contributed by atoms with van der Waals surface area (Å²) < 4.78 is 5.15. The third-order valence-electron chi connectivity index (χ3n) is 3.59. The summed E-state index contributed by atoms with van der Waals surface area (Å²) in [6, 6.07) is 11.5. The van der Waals surface area contributed by atoms with Gasteiger partial charge in [-0.15, -0.1) is 5.10 Å². The van der Waals surface area contributed by atoms with E-state index in [4.69, 9.17) is 16.3 Å². The van der Waals surface area contributed by atoms with Crippen molar-refractivity contribution in [2.75, 3.05) is 17.7 Å². The fourth-order valence-corrected chi connectivity index (χ4v) is 2.79. The highest BCUT2D eigenvalue weighted by molar-refractivity contribution is 6.33. The minimum absolute atomic E-state index is 0.368.